The molecule has 3 nitrogen and oxygen atoms in total. The van der Waals surface area contributed by atoms with E-state index in [1.54, 1.807) is 12.1 Å². The van der Waals surface area contributed by atoms with Crippen molar-refractivity contribution < 1.29 is 9.90 Å². The molecule has 0 radical (unpaired) electrons. The Morgan fingerprint density at radius 1 is 1.39 bits per heavy atom. The molecular weight excluding hydrogens is 250 g/mol. The van der Waals surface area contributed by atoms with Gasteiger partial charge in [0.1, 0.15) is 0 Å². The van der Waals surface area contributed by atoms with Gasteiger partial charge in [0.2, 0.25) is 5.91 Å². The normalized spacial score (nSPS) is 23.7. The molecule has 1 aromatic carbocycles. The molecular formula is C14H18ClNO2. The van der Waals surface area contributed by atoms with Crippen LogP contribution in [0.1, 0.15) is 25.7 Å². The summed E-state index contributed by atoms with van der Waals surface area (Å²) in [5.41, 5.74) is 0.717. The summed E-state index contributed by atoms with van der Waals surface area (Å²) in [7, 11) is 0. The number of carbonyl (C=O) groups is 1. The molecule has 0 aliphatic heterocycles. The van der Waals surface area contributed by atoms with Crippen LogP contribution in [0, 0.1) is 11.8 Å². The Morgan fingerprint density at radius 3 is 2.89 bits per heavy atom. The fourth-order valence-corrected chi connectivity index (χ4v) is 2.76. The van der Waals surface area contributed by atoms with Crippen LogP contribution in [0.3, 0.4) is 0 Å². The second-order valence-corrected chi connectivity index (χ2v) is 5.27. The number of hydrogen-bond donors (Lipinski definition) is 2. The lowest BCUT2D eigenvalue weighted by Gasteiger charge is -2.29. The summed E-state index contributed by atoms with van der Waals surface area (Å²) in [4.78, 5) is 12.2. The zero-order valence-corrected chi connectivity index (χ0v) is 11.0. The maximum absolute atomic E-state index is 12.2. The summed E-state index contributed by atoms with van der Waals surface area (Å²) in [6.45, 7) is 0.0909. The van der Waals surface area contributed by atoms with Crippen molar-refractivity contribution in [3.8, 4) is 0 Å². The summed E-state index contributed by atoms with van der Waals surface area (Å²) in [6.07, 6.45) is 3.96. The predicted octanol–water partition coefficient (Wildman–Crippen LogP) is 3.08. The second kappa shape index (κ2) is 6.21. The van der Waals surface area contributed by atoms with E-state index in [0.29, 0.717) is 5.02 Å². The molecule has 0 heterocycles. The molecule has 1 saturated carbocycles. The van der Waals surface area contributed by atoms with Crippen LogP contribution in [0.2, 0.25) is 5.02 Å². The predicted molar refractivity (Wildman–Crippen MR) is 72.6 cm³/mol. The van der Waals surface area contributed by atoms with E-state index < -0.39 is 0 Å². The molecule has 4 heteroatoms. The molecule has 0 saturated heterocycles. The molecule has 1 aliphatic carbocycles. The van der Waals surface area contributed by atoms with Gasteiger partial charge in [-0.25, -0.2) is 0 Å². The van der Waals surface area contributed by atoms with Crippen LogP contribution in [0.4, 0.5) is 5.69 Å². The van der Waals surface area contributed by atoms with Crippen molar-refractivity contribution in [2.24, 2.45) is 11.8 Å². The number of halogens is 1. The van der Waals surface area contributed by atoms with Crippen molar-refractivity contribution in [1.82, 2.24) is 0 Å². The van der Waals surface area contributed by atoms with Crippen LogP contribution in [-0.2, 0) is 4.79 Å². The molecule has 1 aromatic rings. The first-order chi connectivity index (χ1) is 8.70. The minimum Gasteiger partial charge on any atom is -0.396 e. The van der Waals surface area contributed by atoms with Gasteiger partial charge in [0.05, 0.1) is 0 Å². The van der Waals surface area contributed by atoms with Crippen molar-refractivity contribution >= 4 is 23.2 Å². The maximum atomic E-state index is 12.2. The van der Waals surface area contributed by atoms with Crippen LogP contribution in [0.5, 0.6) is 0 Å². The van der Waals surface area contributed by atoms with Gasteiger partial charge in [0, 0.05) is 23.2 Å². The van der Waals surface area contributed by atoms with Crippen LogP contribution in [0.25, 0.3) is 0 Å². The first-order valence-electron chi connectivity index (χ1n) is 6.38. The minimum atomic E-state index is -0.0808. The molecule has 2 atom stereocenters. The van der Waals surface area contributed by atoms with Crippen molar-refractivity contribution in [3.05, 3.63) is 29.3 Å². The molecule has 1 fully saturated rings. The number of anilines is 1. The van der Waals surface area contributed by atoms with Gasteiger partial charge in [0.15, 0.2) is 0 Å². The third-order valence-corrected chi connectivity index (χ3v) is 3.81. The van der Waals surface area contributed by atoms with Crippen molar-refractivity contribution in [1.29, 1.82) is 0 Å². The molecule has 0 spiro atoms. The van der Waals surface area contributed by atoms with Gasteiger partial charge >= 0.3 is 0 Å². The van der Waals surface area contributed by atoms with Gasteiger partial charge < -0.3 is 10.4 Å². The lowest BCUT2D eigenvalue weighted by molar-refractivity contribution is -0.123. The highest BCUT2D eigenvalue weighted by molar-refractivity contribution is 6.30. The van der Waals surface area contributed by atoms with E-state index in [1.165, 1.54) is 0 Å². The topological polar surface area (TPSA) is 49.3 Å². The number of nitrogens with one attached hydrogen (secondary N) is 1. The number of hydrogen-bond acceptors (Lipinski definition) is 2. The van der Waals surface area contributed by atoms with E-state index in [-0.39, 0.29) is 24.3 Å². The van der Waals surface area contributed by atoms with Crippen LogP contribution < -0.4 is 5.32 Å². The Labute approximate surface area is 112 Å². The van der Waals surface area contributed by atoms with E-state index in [2.05, 4.69) is 5.32 Å². The van der Waals surface area contributed by atoms with Crippen molar-refractivity contribution in [3.63, 3.8) is 0 Å². The number of rotatable bonds is 3. The summed E-state index contributed by atoms with van der Waals surface area (Å²) >= 11 is 5.88. The maximum Gasteiger partial charge on any atom is 0.227 e. The molecule has 1 amide bonds. The Bertz CT molecular complexity index is 422. The van der Waals surface area contributed by atoms with Gasteiger partial charge in [-0.3, -0.25) is 4.79 Å². The minimum absolute atomic E-state index is 0.00369. The average molecular weight is 268 g/mol. The lowest BCUT2D eigenvalue weighted by atomic mass is 9.79. The third kappa shape index (κ3) is 3.24. The molecule has 2 rings (SSSR count). The van der Waals surface area contributed by atoms with Gasteiger partial charge in [-0.05, 0) is 37.0 Å². The average Bonchev–Trinajstić information content (AvgIpc) is 2.38. The van der Waals surface area contributed by atoms with E-state index in [9.17, 15) is 9.90 Å². The fourth-order valence-electron chi connectivity index (χ4n) is 2.57. The summed E-state index contributed by atoms with van der Waals surface area (Å²) < 4.78 is 0. The Hall–Kier alpha value is -1.06. The van der Waals surface area contributed by atoms with Crippen LogP contribution >= 0.6 is 11.6 Å². The van der Waals surface area contributed by atoms with Crippen molar-refractivity contribution in [2.45, 2.75) is 25.7 Å². The van der Waals surface area contributed by atoms with Gasteiger partial charge in [0.25, 0.3) is 0 Å². The van der Waals surface area contributed by atoms with E-state index >= 15 is 0 Å². The van der Waals surface area contributed by atoms with Gasteiger partial charge in [-0.1, -0.05) is 30.5 Å². The number of aliphatic hydroxyl groups excluding tert-OH is 1. The highest BCUT2D eigenvalue weighted by Gasteiger charge is 2.30. The number of amides is 1. The van der Waals surface area contributed by atoms with Crippen molar-refractivity contribution in [2.75, 3.05) is 11.9 Å². The zero-order chi connectivity index (χ0) is 13.0. The number of benzene rings is 1. The Balaban J connectivity index is 2.02. The molecule has 1 aliphatic rings. The fraction of sp³-hybridized carbons (Fsp3) is 0.500. The van der Waals surface area contributed by atoms with Crippen LogP contribution in [-0.4, -0.2) is 17.6 Å². The lowest BCUT2D eigenvalue weighted by Crippen LogP contribution is -2.33. The highest BCUT2D eigenvalue weighted by Crippen LogP contribution is 2.30. The quantitative estimate of drug-likeness (QED) is 0.884. The summed E-state index contributed by atoms with van der Waals surface area (Å²) in [5.74, 6) is 0.0108. The number of carbonyl (C=O) groups excluding carboxylic acids is 1. The van der Waals surface area contributed by atoms with E-state index in [1.807, 2.05) is 12.1 Å². The monoisotopic (exact) mass is 267 g/mol. The summed E-state index contributed by atoms with van der Waals surface area (Å²) in [5, 5.41) is 12.8. The molecule has 2 N–H and O–H groups in total. The SMILES string of the molecule is O=C(Nc1cccc(Cl)c1)C1CCCCC1CO. The van der Waals surface area contributed by atoms with Gasteiger partial charge in [-0.2, -0.15) is 0 Å². The standard InChI is InChI=1S/C14H18ClNO2/c15-11-5-3-6-12(8-11)16-14(18)13-7-2-1-4-10(13)9-17/h3,5-6,8,10,13,17H,1-2,4,7,9H2,(H,16,18). The van der Waals surface area contributed by atoms with E-state index in [4.69, 9.17) is 11.6 Å². The molecule has 0 bridgehead atoms. The number of aliphatic hydroxyl groups is 1. The second-order valence-electron chi connectivity index (χ2n) is 4.83. The molecule has 98 valence electrons. The third-order valence-electron chi connectivity index (χ3n) is 3.57. The zero-order valence-electron chi connectivity index (χ0n) is 10.2. The molecule has 18 heavy (non-hydrogen) atoms. The Morgan fingerprint density at radius 2 is 2.17 bits per heavy atom. The van der Waals surface area contributed by atoms with E-state index in [0.717, 1.165) is 31.4 Å². The molecule has 2 unspecified atom stereocenters. The smallest absolute Gasteiger partial charge is 0.227 e. The Kier molecular flexibility index (Phi) is 4.61. The summed E-state index contributed by atoms with van der Waals surface area (Å²) in [6, 6.07) is 7.13. The largest absolute Gasteiger partial charge is 0.396 e. The van der Waals surface area contributed by atoms with Gasteiger partial charge in [-0.15, -0.1) is 0 Å². The van der Waals surface area contributed by atoms with Crippen LogP contribution in [0.15, 0.2) is 24.3 Å². The first-order valence-corrected chi connectivity index (χ1v) is 6.76. The highest BCUT2D eigenvalue weighted by atomic mass is 35.5. The first kappa shape index (κ1) is 13.4. The molecule has 0 aromatic heterocycles.